The van der Waals surface area contributed by atoms with Gasteiger partial charge in [0.1, 0.15) is 5.75 Å². The average molecular weight is 274 g/mol. The number of benzene rings is 1. The van der Waals surface area contributed by atoms with Crippen molar-refractivity contribution in [3.05, 3.63) is 29.3 Å². The van der Waals surface area contributed by atoms with Crippen molar-refractivity contribution in [1.82, 2.24) is 4.90 Å². The minimum absolute atomic E-state index is 0.0950. The van der Waals surface area contributed by atoms with Gasteiger partial charge in [-0.05, 0) is 48.9 Å². The molecule has 1 saturated carbocycles. The fourth-order valence-corrected chi connectivity index (χ4v) is 3.44. The van der Waals surface area contributed by atoms with Gasteiger partial charge < -0.3 is 15.7 Å². The van der Waals surface area contributed by atoms with Crippen molar-refractivity contribution in [3.8, 4) is 5.75 Å². The number of hydrogen-bond acceptors (Lipinski definition) is 3. The lowest BCUT2D eigenvalue weighted by atomic mass is 9.84. The van der Waals surface area contributed by atoms with Crippen LogP contribution in [-0.4, -0.2) is 28.5 Å². The van der Waals surface area contributed by atoms with E-state index in [2.05, 4.69) is 0 Å². The van der Waals surface area contributed by atoms with Crippen LogP contribution in [0, 0.1) is 5.92 Å². The number of carbonyl (C=O) groups is 1. The summed E-state index contributed by atoms with van der Waals surface area (Å²) in [4.78, 5) is 14.5. The van der Waals surface area contributed by atoms with Crippen molar-refractivity contribution >= 4 is 5.91 Å². The largest absolute Gasteiger partial charge is 0.508 e. The molecule has 0 saturated heterocycles. The smallest absolute Gasteiger partial charge is 0.226 e. The number of rotatable bonds is 1. The Bertz CT molecular complexity index is 515. The van der Waals surface area contributed by atoms with E-state index in [1.165, 1.54) is 5.56 Å². The van der Waals surface area contributed by atoms with Crippen LogP contribution in [0.1, 0.15) is 36.8 Å². The summed E-state index contributed by atoms with van der Waals surface area (Å²) in [5, 5.41) is 9.58. The van der Waals surface area contributed by atoms with Gasteiger partial charge in [-0.2, -0.15) is 0 Å². The number of aromatic hydroxyl groups is 1. The molecule has 2 aliphatic rings. The van der Waals surface area contributed by atoms with Crippen molar-refractivity contribution in [1.29, 1.82) is 0 Å². The summed E-state index contributed by atoms with van der Waals surface area (Å²) in [5.41, 5.74) is 8.30. The molecule has 1 aliphatic heterocycles. The molecule has 1 aliphatic carbocycles. The molecule has 1 aromatic rings. The van der Waals surface area contributed by atoms with Crippen LogP contribution < -0.4 is 5.73 Å². The van der Waals surface area contributed by atoms with E-state index >= 15 is 0 Å². The first-order valence-electron chi connectivity index (χ1n) is 7.48. The van der Waals surface area contributed by atoms with Crippen LogP contribution in [0.15, 0.2) is 18.2 Å². The third-order valence-electron chi connectivity index (χ3n) is 4.58. The Labute approximate surface area is 119 Å². The zero-order chi connectivity index (χ0) is 14.1. The highest BCUT2D eigenvalue weighted by molar-refractivity contribution is 5.79. The molecule has 3 N–H and O–H groups in total. The van der Waals surface area contributed by atoms with Crippen LogP contribution >= 0.6 is 0 Å². The summed E-state index contributed by atoms with van der Waals surface area (Å²) < 4.78 is 0. The predicted molar refractivity (Wildman–Crippen MR) is 77.2 cm³/mol. The summed E-state index contributed by atoms with van der Waals surface area (Å²) in [6.07, 6.45) is 4.77. The zero-order valence-corrected chi connectivity index (χ0v) is 11.7. The molecule has 1 fully saturated rings. The van der Waals surface area contributed by atoms with Gasteiger partial charge in [-0.3, -0.25) is 4.79 Å². The number of fused-ring (bicyclic) bond motifs is 1. The summed E-state index contributed by atoms with van der Waals surface area (Å²) in [5.74, 6) is 0.615. The SMILES string of the molecule is NC1CCCC(C(=O)N2CCc3ccc(O)cc3C2)C1. The van der Waals surface area contributed by atoms with E-state index in [4.69, 9.17) is 5.73 Å². The maximum atomic E-state index is 12.6. The van der Waals surface area contributed by atoms with E-state index in [1.807, 2.05) is 11.0 Å². The monoisotopic (exact) mass is 274 g/mol. The molecular formula is C16H22N2O2. The van der Waals surface area contributed by atoms with Crippen molar-refractivity contribution in [3.63, 3.8) is 0 Å². The molecule has 0 bridgehead atoms. The third-order valence-corrected chi connectivity index (χ3v) is 4.58. The Morgan fingerprint density at radius 2 is 2.15 bits per heavy atom. The van der Waals surface area contributed by atoms with Crippen molar-refractivity contribution in [2.45, 2.75) is 44.7 Å². The summed E-state index contributed by atoms with van der Waals surface area (Å²) in [6, 6.07) is 5.64. The Kier molecular flexibility index (Phi) is 3.66. The molecule has 4 nitrogen and oxygen atoms in total. The summed E-state index contributed by atoms with van der Waals surface area (Å²) >= 11 is 0. The molecule has 3 rings (SSSR count). The number of phenolic OH excluding ortho intramolecular Hbond substituents is 1. The second-order valence-electron chi connectivity index (χ2n) is 6.09. The van der Waals surface area contributed by atoms with Crippen LogP contribution in [0.5, 0.6) is 5.75 Å². The fraction of sp³-hybridized carbons (Fsp3) is 0.562. The lowest BCUT2D eigenvalue weighted by Gasteiger charge is -2.34. The lowest BCUT2D eigenvalue weighted by molar-refractivity contribution is -0.137. The Morgan fingerprint density at radius 3 is 2.95 bits per heavy atom. The maximum absolute atomic E-state index is 12.6. The van der Waals surface area contributed by atoms with E-state index in [9.17, 15) is 9.90 Å². The third kappa shape index (κ3) is 2.66. The minimum atomic E-state index is 0.0950. The fourth-order valence-electron chi connectivity index (χ4n) is 3.44. The average Bonchev–Trinajstić information content (AvgIpc) is 2.45. The van der Waals surface area contributed by atoms with Gasteiger partial charge in [-0.15, -0.1) is 0 Å². The molecule has 1 aromatic carbocycles. The van der Waals surface area contributed by atoms with Gasteiger partial charge in [0, 0.05) is 25.0 Å². The lowest BCUT2D eigenvalue weighted by Crippen LogP contribution is -2.42. The van der Waals surface area contributed by atoms with E-state index in [1.54, 1.807) is 12.1 Å². The van der Waals surface area contributed by atoms with Gasteiger partial charge in [0.15, 0.2) is 0 Å². The Hall–Kier alpha value is -1.55. The van der Waals surface area contributed by atoms with E-state index < -0.39 is 0 Å². The Balaban J connectivity index is 1.71. The van der Waals surface area contributed by atoms with Gasteiger partial charge in [-0.25, -0.2) is 0 Å². The Morgan fingerprint density at radius 1 is 1.30 bits per heavy atom. The number of nitrogens with two attached hydrogens (primary N) is 1. The molecular weight excluding hydrogens is 252 g/mol. The highest BCUT2D eigenvalue weighted by Crippen LogP contribution is 2.28. The number of carbonyl (C=O) groups excluding carboxylic acids is 1. The van der Waals surface area contributed by atoms with E-state index in [0.717, 1.165) is 44.2 Å². The molecule has 20 heavy (non-hydrogen) atoms. The number of nitrogens with zero attached hydrogens (tertiary/aromatic N) is 1. The number of phenols is 1. The quantitative estimate of drug-likeness (QED) is 0.820. The first-order valence-corrected chi connectivity index (χ1v) is 7.48. The van der Waals surface area contributed by atoms with Crippen molar-refractivity contribution < 1.29 is 9.90 Å². The molecule has 4 heteroatoms. The molecule has 0 spiro atoms. The number of hydrogen-bond donors (Lipinski definition) is 2. The van der Waals surface area contributed by atoms with Crippen molar-refractivity contribution in [2.24, 2.45) is 11.7 Å². The topological polar surface area (TPSA) is 66.6 Å². The predicted octanol–water partition coefficient (Wildman–Crippen LogP) is 1.79. The second kappa shape index (κ2) is 5.44. The van der Waals surface area contributed by atoms with Gasteiger partial charge in [0.05, 0.1) is 0 Å². The molecule has 1 amide bonds. The van der Waals surface area contributed by atoms with Crippen molar-refractivity contribution in [2.75, 3.05) is 6.54 Å². The molecule has 1 heterocycles. The molecule has 2 atom stereocenters. The minimum Gasteiger partial charge on any atom is -0.508 e. The van der Waals surface area contributed by atoms with Crippen LogP contribution in [-0.2, 0) is 17.8 Å². The van der Waals surface area contributed by atoms with E-state index in [0.29, 0.717) is 6.54 Å². The highest BCUT2D eigenvalue weighted by Gasteiger charge is 2.30. The molecule has 108 valence electrons. The second-order valence-corrected chi connectivity index (χ2v) is 6.09. The van der Waals surface area contributed by atoms with Crippen LogP contribution in [0.2, 0.25) is 0 Å². The van der Waals surface area contributed by atoms with Gasteiger partial charge in [-0.1, -0.05) is 12.5 Å². The van der Waals surface area contributed by atoms with Gasteiger partial charge in [0.25, 0.3) is 0 Å². The van der Waals surface area contributed by atoms with Crippen LogP contribution in [0.3, 0.4) is 0 Å². The van der Waals surface area contributed by atoms with Gasteiger partial charge in [0.2, 0.25) is 5.91 Å². The van der Waals surface area contributed by atoms with Gasteiger partial charge >= 0.3 is 0 Å². The molecule has 2 unspecified atom stereocenters. The maximum Gasteiger partial charge on any atom is 0.226 e. The van der Waals surface area contributed by atoms with E-state index in [-0.39, 0.29) is 23.6 Å². The summed E-state index contributed by atoms with van der Waals surface area (Å²) in [7, 11) is 0. The summed E-state index contributed by atoms with van der Waals surface area (Å²) in [6.45, 7) is 1.40. The normalized spacial score (nSPS) is 26.1. The standard InChI is InChI=1S/C16H22N2O2/c17-14-3-1-2-12(8-14)16(20)18-7-6-11-4-5-15(19)9-13(11)10-18/h4-5,9,12,14,19H,1-3,6-8,10,17H2. The zero-order valence-electron chi connectivity index (χ0n) is 11.7. The highest BCUT2D eigenvalue weighted by atomic mass is 16.3. The van der Waals surface area contributed by atoms with Crippen LogP contribution in [0.4, 0.5) is 0 Å². The molecule has 0 aromatic heterocycles. The molecule has 0 radical (unpaired) electrons. The first-order chi connectivity index (χ1) is 9.63. The first kappa shape index (κ1) is 13.4. The number of amides is 1. The van der Waals surface area contributed by atoms with Crippen LogP contribution in [0.25, 0.3) is 0 Å².